The van der Waals surface area contributed by atoms with Crippen molar-refractivity contribution >= 4 is 28.9 Å². The molecule has 0 radical (unpaired) electrons. The quantitative estimate of drug-likeness (QED) is 0.915. The van der Waals surface area contributed by atoms with Gasteiger partial charge in [0, 0.05) is 25.2 Å². The van der Waals surface area contributed by atoms with Crippen LogP contribution in [0.3, 0.4) is 0 Å². The Kier molecular flexibility index (Phi) is 4.42. The predicted octanol–water partition coefficient (Wildman–Crippen LogP) is 2.36. The third kappa shape index (κ3) is 3.21. The normalized spacial score (nSPS) is 19.6. The summed E-state index contributed by atoms with van der Waals surface area (Å²) in [6.07, 6.45) is 2.45. The monoisotopic (exact) mass is 274 g/mol. The summed E-state index contributed by atoms with van der Waals surface area (Å²) in [7, 11) is 0. The second-order valence-electron chi connectivity index (χ2n) is 4.18. The van der Waals surface area contributed by atoms with Crippen LogP contribution in [-0.4, -0.2) is 35.9 Å². The molecule has 1 aromatic heterocycles. The van der Waals surface area contributed by atoms with Gasteiger partial charge in [-0.1, -0.05) is 23.2 Å². The Labute approximate surface area is 111 Å². The molecule has 1 saturated heterocycles. The van der Waals surface area contributed by atoms with Gasteiger partial charge in [-0.25, -0.2) is 0 Å². The van der Waals surface area contributed by atoms with E-state index in [1.165, 1.54) is 12.8 Å². The van der Waals surface area contributed by atoms with E-state index >= 15 is 0 Å². The van der Waals surface area contributed by atoms with Crippen LogP contribution in [0.4, 0.5) is 5.69 Å². The van der Waals surface area contributed by atoms with E-state index in [-0.39, 0.29) is 0 Å². The van der Waals surface area contributed by atoms with Crippen molar-refractivity contribution in [2.75, 3.05) is 24.5 Å². The third-order valence-corrected chi connectivity index (χ3v) is 3.48. The molecule has 94 valence electrons. The number of hydrogen-bond donors (Lipinski definition) is 1. The molecule has 17 heavy (non-hydrogen) atoms. The molecule has 0 spiro atoms. The van der Waals surface area contributed by atoms with E-state index in [2.05, 4.69) is 27.3 Å². The second-order valence-corrected chi connectivity index (χ2v) is 4.92. The van der Waals surface area contributed by atoms with Crippen LogP contribution < -0.4 is 10.2 Å². The lowest BCUT2D eigenvalue weighted by atomic mass is 10.2. The van der Waals surface area contributed by atoms with Gasteiger partial charge in [0.1, 0.15) is 0 Å². The molecule has 1 fully saturated rings. The molecule has 1 N–H and O–H groups in total. The summed E-state index contributed by atoms with van der Waals surface area (Å²) in [5.41, 5.74) is 0.864. The van der Waals surface area contributed by atoms with Gasteiger partial charge in [-0.3, -0.25) is 0 Å². The molecule has 0 aliphatic carbocycles. The molecule has 1 aliphatic rings. The number of rotatable bonds is 4. The molecule has 4 nitrogen and oxygen atoms in total. The Balaban J connectivity index is 2.13. The van der Waals surface area contributed by atoms with Crippen molar-refractivity contribution in [1.29, 1.82) is 0 Å². The zero-order valence-electron chi connectivity index (χ0n) is 9.79. The molecule has 1 aliphatic heterocycles. The lowest BCUT2D eigenvalue weighted by molar-refractivity contribution is 0.586. The first-order chi connectivity index (χ1) is 8.20. The average Bonchev–Trinajstić information content (AvgIpc) is 2.82. The van der Waals surface area contributed by atoms with Crippen LogP contribution in [0.1, 0.15) is 19.8 Å². The van der Waals surface area contributed by atoms with Gasteiger partial charge in [0.15, 0.2) is 10.3 Å². The van der Waals surface area contributed by atoms with Crippen molar-refractivity contribution in [3.05, 3.63) is 16.4 Å². The number of halogens is 2. The maximum absolute atomic E-state index is 6.06. The van der Waals surface area contributed by atoms with Crippen LogP contribution in [-0.2, 0) is 0 Å². The fourth-order valence-corrected chi connectivity index (χ4v) is 2.50. The lowest BCUT2D eigenvalue weighted by Gasteiger charge is -2.26. The van der Waals surface area contributed by atoms with Crippen LogP contribution in [0.25, 0.3) is 0 Å². The summed E-state index contributed by atoms with van der Waals surface area (Å²) in [5.74, 6) is 0. The number of nitrogens with zero attached hydrogens (tertiary/aromatic N) is 3. The fourth-order valence-electron chi connectivity index (χ4n) is 2.14. The number of nitrogens with one attached hydrogen (secondary N) is 1. The summed E-state index contributed by atoms with van der Waals surface area (Å²) in [6, 6.07) is 2.30. The summed E-state index contributed by atoms with van der Waals surface area (Å²) in [5, 5.41) is 11.8. The van der Waals surface area contributed by atoms with Gasteiger partial charge in [0.05, 0.1) is 5.69 Å². The van der Waals surface area contributed by atoms with Crippen molar-refractivity contribution < 1.29 is 0 Å². The number of aromatic nitrogens is 2. The van der Waals surface area contributed by atoms with Gasteiger partial charge >= 0.3 is 0 Å². The van der Waals surface area contributed by atoms with E-state index in [0.29, 0.717) is 16.3 Å². The topological polar surface area (TPSA) is 41.0 Å². The lowest BCUT2D eigenvalue weighted by Crippen LogP contribution is -2.37. The predicted molar refractivity (Wildman–Crippen MR) is 71.0 cm³/mol. The minimum Gasteiger partial charge on any atom is -0.368 e. The molecular formula is C11H16Cl2N4. The molecule has 1 aromatic rings. The van der Waals surface area contributed by atoms with Crippen LogP contribution in [0.2, 0.25) is 10.3 Å². The Morgan fingerprint density at radius 1 is 1.47 bits per heavy atom. The zero-order chi connectivity index (χ0) is 12.3. The Bertz CT molecular complexity index is 380. The van der Waals surface area contributed by atoms with Crippen LogP contribution in [0.15, 0.2) is 6.07 Å². The minimum atomic E-state index is 0.377. The molecule has 1 atom stereocenters. The molecule has 2 rings (SSSR count). The number of anilines is 1. The maximum atomic E-state index is 6.06. The van der Waals surface area contributed by atoms with Gasteiger partial charge in [-0.05, 0) is 26.3 Å². The SMILES string of the molecule is CCN(CC1CCCN1)c1cc(Cl)nnc1Cl. The first kappa shape index (κ1) is 12.9. The van der Waals surface area contributed by atoms with Crippen molar-refractivity contribution in [2.24, 2.45) is 0 Å². The first-order valence-electron chi connectivity index (χ1n) is 5.87. The molecular weight excluding hydrogens is 259 g/mol. The van der Waals surface area contributed by atoms with E-state index in [1.807, 2.05) is 0 Å². The summed E-state index contributed by atoms with van der Waals surface area (Å²) >= 11 is 11.9. The van der Waals surface area contributed by atoms with Gasteiger partial charge in [0.2, 0.25) is 0 Å². The first-order valence-corrected chi connectivity index (χ1v) is 6.63. The summed E-state index contributed by atoms with van der Waals surface area (Å²) in [4.78, 5) is 2.19. The van der Waals surface area contributed by atoms with Gasteiger partial charge in [-0.15, -0.1) is 10.2 Å². The zero-order valence-corrected chi connectivity index (χ0v) is 11.3. The van der Waals surface area contributed by atoms with Crippen molar-refractivity contribution in [3.8, 4) is 0 Å². The van der Waals surface area contributed by atoms with Crippen LogP contribution in [0.5, 0.6) is 0 Å². The largest absolute Gasteiger partial charge is 0.368 e. The van der Waals surface area contributed by atoms with E-state index in [0.717, 1.165) is 25.3 Å². The standard InChI is InChI=1S/C11H16Cl2N4/c1-2-17(7-8-4-3-5-14-8)9-6-10(12)15-16-11(9)13/h6,8,14H,2-5,7H2,1H3. The highest BCUT2D eigenvalue weighted by Crippen LogP contribution is 2.25. The van der Waals surface area contributed by atoms with E-state index in [4.69, 9.17) is 23.2 Å². The molecule has 0 saturated carbocycles. The minimum absolute atomic E-state index is 0.377. The maximum Gasteiger partial charge on any atom is 0.175 e. The summed E-state index contributed by atoms with van der Waals surface area (Å²) in [6.45, 7) is 5.00. The van der Waals surface area contributed by atoms with E-state index in [9.17, 15) is 0 Å². The molecule has 1 unspecified atom stereocenters. The van der Waals surface area contributed by atoms with Crippen molar-refractivity contribution in [2.45, 2.75) is 25.8 Å². The van der Waals surface area contributed by atoms with Gasteiger partial charge < -0.3 is 10.2 Å². The Hall–Kier alpha value is -0.580. The smallest absolute Gasteiger partial charge is 0.175 e. The van der Waals surface area contributed by atoms with Crippen molar-refractivity contribution in [3.63, 3.8) is 0 Å². The van der Waals surface area contributed by atoms with E-state index in [1.54, 1.807) is 6.07 Å². The van der Waals surface area contributed by atoms with E-state index < -0.39 is 0 Å². The Morgan fingerprint density at radius 3 is 2.94 bits per heavy atom. The second kappa shape index (κ2) is 5.85. The number of likely N-dealkylation sites (N-methyl/N-ethyl adjacent to an activating group) is 1. The van der Waals surface area contributed by atoms with Crippen LogP contribution >= 0.6 is 23.2 Å². The molecule has 2 heterocycles. The molecule has 0 amide bonds. The number of hydrogen-bond acceptors (Lipinski definition) is 4. The fraction of sp³-hybridized carbons (Fsp3) is 0.636. The van der Waals surface area contributed by atoms with Gasteiger partial charge in [-0.2, -0.15) is 0 Å². The van der Waals surface area contributed by atoms with Crippen LogP contribution in [0, 0.1) is 0 Å². The molecule has 0 bridgehead atoms. The summed E-state index contributed by atoms with van der Waals surface area (Å²) < 4.78 is 0. The molecule has 6 heteroatoms. The van der Waals surface area contributed by atoms with Crippen molar-refractivity contribution in [1.82, 2.24) is 15.5 Å². The highest BCUT2D eigenvalue weighted by Gasteiger charge is 2.19. The molecule has 0 aromatic carbocycles. The third-order valence-electron chi connectivity index (χ3n) is 3.03. The average molecular weight is 275 g/mol. The highest BCUT2D eigenvalue weighted by molar-refractivity contribution is 6.33. The highest BCUT2D eigenvalue weighted by atomic mass is 35.5. The van der Waals surface area contributed by atoms with Gasteiger partial charge in [0.25, 0.3) is 0 Å². The Morgan fingerprint density at radius 2 is 2.29 bits per heavy atom.